The predicted molar refractivity (Wildman–Crippen MR) is 99.4 cm³/mol. The number of likely N-dealkylation sites (tertiary alicyclic amines) is 1. The molecule has 1 saturated carbocycles. The first-order valence-electron chi connectivity index (χ1n) is 9.42. The van der Waals surface area contributed by atoms with E-state index in [4.69, 9.17) is 9.47 Å². The second-order valence-electron chi connectivity index (χ2n) is 7.10. The maximum atomic E-state index is 12.8. The van der Waals surface area contributed by atoms with E-state index in [1.165, 1.54) is 6.42 Å². The minimum absolute atomic E-state index is 0.0966. The summed E-state index contributed by atoms with van der Waals surface area (Å²) in [5, 5.41) is 2.90. The zero-order valence-corrected chi connectivity index (χ0v) is 15.8. The first-order valence-corrected chi connectivity index (χ1v) is 9.42. The Hall–Kier alpha value is -2.24. The summed E-state index contributed by atoms with van der Waals surface area (Å²) in [5.74, 6) is 0.843. The summed E-state index contributed by atoms with van der Waals surface area (Å²) in [6.45, 7) is 2.96. The van der Waals surface area contributed by atoms with Crippen LogP contribution in [0.5, 0.6) is 11.5 Å². The van der Waals surface area contributed by atoms with Crippen LogP contribution in [-0.2, 0) is 9.59 Å². The molecule has 0 aromatic heterocycles. The number of nitrogens with one attached hydrogen (secondary N) is 1. The topological polar surface area (TPSA) is 67.9 Å². The van der Waals surface area contributed by atoms with Gasteiger partial charge in [-0.1, -0.05) is 6.92 Å². The van der Waals surface area contributed by atoms with Gasteiger partial charge < -0.3 is 19.7 Å². The number of rotatable bonds is 6. The van der Waals surface area contributed by atoms with Crippen molar-refractivity contribution in [2.24, 2.45) is 11.8 Å². The molecule has 3 unspecified atom stereocenters. The Morgan fingerprint density at radius 3 is 2.62 bits per heavy atom. The van der Waals surface area contributed by atoms with Crippen LogP contribution in [0.3, 0.4) is 0 Å². The van der Waals surface area contributed by atoms with Crippen molar-refractivity contribution >= 4 is 17.5 Å². The Kier molecular flexibility index (Phi) is 5.69. The molecular weight excluding hydrogens is 332 g/mol. The summed E-state index contributed by atoms with van der Waals surface area (Å²) < 4.78 is 10.5. The molecule has 2 fully saturated rings. The fourth-order valence-electron chi connectivity index (χ4n) is 3.83. The number of hydrogen-bond acceptors (Lipinski definition) is 4. The van der Waals surface area contributed by atoms with Gasteiger partial charge >= 0.3 is 0 Å². The smallest absolute Gasteiger partial charge is 0.228 e. The van der Waals surface area contributed by atoms with Gasteiger partial charge in [0.25, 0.3) is 0 Å². The lowest BCUT2D eigenvalue weighted by molar-refractivity contribution is -0.137. The van der Waals surface area contributed by atoms with Crippen LogP contribution in [0, 0.1) is 11.8 Å². The van der Waals surface area contributed by atoms with Crippen molar-refractivity contribution < 1.29 is 19.1 Å². The number of anilines is 1. The summed E-state index contributed by atoms with van der Waals surface area (Å²) in [4.78, 5) is 27.3. The van der Waals surface area contributed by atoms with E-state index >= 15 is 0 Å². The number of benzene rings is 1. The summed E-state index contributed by atoms with van der Waals surface area (Å²) in [6, 6.07) is 5.60. The van der Waals surface area contributed by atoms with Crippen molar-refractivity contribution in [1.82, 2.24) is 4.90 Å². The van der Waals surface area contributed by atoms with Gasteiger partial charge in [0.2, 0.25) is 11.8 Å². The second-order valence-corrected chi connectivity index (χ2v) is 7.10. The van der Waals surface area contributed by atoms with E-state index in [2.05, 4.69) is 12.2 Å². The number of hydrogen-bond donors (Lipinski definition) is 1. The third-order valence-electron chi connectivity index (χ3n) is 5.48. The molecule has 0 radical (unpaired) electrons. The number of nitrogens with zero attached hydrogens (tertiary/aromatic N) is 1. The van der Waals surface area contributed by atoms with Crippen LogP contribution in [0.4, 0.5) is 5.69 Å². The number of methoxy groups -OCH3 is 2. The molecule has 2 amide bonds. The van der Waals surface area contributed by atoms with E-state index in [1.54, 1.807) is 32.4 Å². The molecule has 26 heavy (non-hydrogen) atoms. The molecule has 0 spiro atoms. The normalized spacial score (nSPS) is 24.7. The molecule has 1 aromatic rings. The first kappa shape index (κ1) is 18.5. The van der Waals surface area contributed by atoms with E-state index in [0.717, 1.165) is 25.8 Å². The van der Waals surface area contributed by atoms with Crippen molar-refractivity contribution in [3.63, 3.8) is 0 Å². The molecule has 6 nitrogen and oxygen atoms in total. The molecule has 1 saturated heterocycles. The van der Waals surface area contributed by atoms with Crippen LogP contribution in [0.25, 0.3) is 0 Å². The third-order valence-corrected chi connectivity index (χ3v) is 5.48. The minimum atomic E-state index is -0.227. The fourth-order valence-corrected chi connectivity index (χ4v) is 3.83. The maximum Gasteiger partial charge on any atom is 0.228 e. The van der Waals surface area contributed by atoms with Crippen LogP contribution in [-0.4, -0.2) is 43.5 Å². The Morgan fingerprint density at radius 2 is 1.92 bits per heavy atom. The Balaban J connectivity index is 1.59. The molecule has 6 heteroatoms. The van der Waals surface area contributed by atoms with E-state index in [0.29, 0.717) is 29.6 Å². The van der Waals surface area contributed by atoms with Crippen LogP contribution >= 0.6 is 0 Å². The third kappa shape index (κ3) is 3.79. The predicted octanol–water partition coefficient (Wildman–Crippen LogP) is 3.07. The van der Waals surface area contributed by atoms with Gasteiger partial charge in [0, 0.05) is 24.3 Å². The summed E-state index contributed by atoms with van der Waals surface area (Å²) in [5.41, 5.74) is 0.648. The van der Waals surface area contributed by atoms with Gasteiger partial charge in [0.1, 0.15) is 0 Å². The van der Waals surface area contributed by atoms with Crippen LogP contribution in [0.2, 0.25) is 0 Å². The van der Waals surface area contributed by atoms with Crippen molar-refractivity contribution in [2.75, 3.05) is 26.1 Å². The van der Waals surface area contributed by atoms with Crippen LogP contribution in [0.1, 0.15) is 39.0 Å². The lowest BCUT2D eigenvalue weighted by atomic mass is 9.99. The zero-order valence-electron chi connectivity index (χ0n) is 15.8. The Morgan fingerprint density at radius 1 is 1.15 bits per heavy atom. The number of carbonyl (C=O) groups excluding carboxylic acids is 2. The van der Waals surface area contributed by atoms with Gasteiger partial charge in [-0.2, -0.15) is 0 Å². The van der Waals surface area contributed by atoms with Gasteiger partial charge in [0.15, 0.2) is 11.5 Å². The van der Waals surface area contributed by atoms with Gasteiger partial charge in [-0.3, -0.25) is 9.59 Å². The number of ether oxygens (including phenoxy) is 2. The highest BCUT2D eigenvalue weighted by atomic mass is 16.5. The molecule has 0 bridgehead atoms. The van der Waals surface area contributed by atoms with Crippen molar-refractivity contribution in [3.05, 3.63) is 18.2 Å². The van der Waals surface area contributed by atoms with Crippen LogP contribution in [0.15, 0.2) is 18.2 Å². The lowest BCUT2D eigenvalue weighted by Gasteiger charge is -2.35. The largest absolute Gasteiger partial charge is 0.493 e. The van der Waals surface area contributed by atoms with E-state index < -0.39 is 0 Å². The number of piperidine rings is 1. The molecule has 2 aliphatic rings. The summed E-state index contributed by atoms with van der Waals surface area (Å²) >= 11 is 0. The van der Waals surface area contributed by atoms with Crippen molar-refractivity contribution in [2.45, 2.75) is 45.1 Å². The molecular formula is C20H28N2O4. The molecule has 3 rings (SSSR count). The molecule has 1 aromatic carbocycles. The van der Waals surface area contributed by atoms with E-state index in [9.17, 15) is 9.59 Å². The van der Waals surface area contributed by atoms with Gasteiger partial charge in [-0.05, 0) is 44.2 Å². The Labute approximate surface area is 154 Å². The summed E-state index contributed by atoms with van der Waals surface area (Å²) in [6.07, 6.45) is 4.97. The van der Waals surface area contributed by atoms with Crippen molar-refractivity contribution in [3.8, 4) is 11.5 Å². The first-order chi connectivity index (χ1) is 12.6. The molecule has 142 valence electrons. The second kappa shape index (κ2) is 7.98. The van der Waals surface area contributed by atoms with E-state index in [1.807, 2.05) is 4.90 Å². The lowest BCUT2D eigenvalue weighted by Crippen LogP contribution is -2.44. The quantitative estimate of drug-likeness (QED) is 0.847. The molecule has 3 atom stereocenters. The molecule has 1 N–H and O–H groups in total. The SMILES string of the molecule is CCC1CCCCN1C(=O)C1CC1C(=O)Nc1ccc(OC)c(OC)c1. The van der Waals surface area contributed by atoms with Crippen LogP contribution < -0.4 is 14.8 Å². The fraction of sp³-hybridized carbons (Fsp3) is 0.600. The monoisotopic (exact) mass is 360 g/mol. The van der Waals surface area contributed by atoms with E-state index in [-0.39, 0.29) is 23.7 Å². The van der Waals surface area contributed by atoms with Crippen molar-refractivity contribution in [1.29, 1.82) is 0 Å². The number of carbonyl (C=O) groups is 2. The number of amides is 2. The average Bonchev–Trinajstić information content (AvgIpc) is 3.48. The molecule has 1 aliphatic heterocycles. The highest BCUT2D eigenvalue weighted by Crippen LogP contribution is 2.42. The highest BCUT2D eigenvalue weighted by Gasteiger charge is 2.50. The Bertz CT molecular complexity index is 676. The minimum Gasteiger partial charge on any atom is -0.493 e. The van der Waals surface area contributed by atoms with Gasteiger partial charge in [-0.15, -0.1) is 0 Å². The highest BCUT2D eigenvalue weighted by molar-refractivity contribution is 5.99. The molecule has 1 heterocycles. The van der Waals surface area contributed by atoms with Gasteiger partial charge in [-0.25, -0.2) is 0 Å². The molecule has 1 aliphatic carbocycles. The standard InChI is InChI=1S/C20H28N2O4/c1-4-14-7-5-6-10-22(14)20(24)16-12-15(16)19(23)21-13-8-9-17(25-2)18(11-13)26-3/h8-9,11,14-16H,4-7,10,12H2,1-3H3,(H,21,23). The van der Waals surface area contributed by atoms with Gasteiger partial charge in [0.05, 0.1) is 26.1 Å². The summed E-state index contributed by atoms with van der Waals surface area (Å²) in [7, 11) is 3.13. The zero-order chi connectivity index (χ0) is 18.7. The maximum absolute atomic E-state index is 12.8. The average molecular weight is 360 g/mol.